The number of nitrogens with zero attached hydrogens (tertiary/aromatic N) is 1. The SMILES string of the molecule is CCC1CCC(C)N1CCC(O)c1cccc(C)c1. The molecule has 2 heteroatoms. The summed E-state index contributed by atoms with van der Waals surface area (Å²) < 4.78 is 0. The molecule has 0 saturated carbocycles. The van der Waals surface area contributed by atoms with E-state index < -0.39 is 0 Å². The summed E-state index contributed by atoms with van der Waals surface area (Å²) in [5, 5.41) is 10.3. The minimum absolute atomic E-state index is 0.329. The first-order chi connectivity index (χ1) is 9.11. The normalized spacial score (nSPS) is 25.7. The monoisotopic (exact) mass is 261 g/mol. The third kappa shape index (κ3) is 3.58. The van der Waals surface area contributed by atoms with Crippen molar-refractivity contribution < 1.29 is 5.11 Å². The van der Waals surface area contributed by atoms with Gasteiger partial charge in [0.15, 0.2) is 0 Å². The van der Waals surface area contributed by atoms with Crippen LogP contribution in [-0.4, -0.2) is 28.6 Å². The Morgan fingerprint density at radius 1 is 1.37 bits per heavy atom. The van der Waals surface area contributed by atoms with Crippen molar-refractivity contribution in [2.75, 3.05) is 6.54 Å². The van der Waals surface area contributed by atoms with Crippen molar-refractivity contribution in [2.45, 2.75) is 64.6 Å². The predicted molar refractivity (Wildman–Crippen MR) is 80.2 cm³/mol. The molecular formula is C17H27NO. The second kappa shape index (κ2) is 6.53. The van der Waals surface area contributed by atoms with Gasteiger partial charge in [-0.05, 0) is 45.1 Å². The van der Waals surface area contributed by atoms with Crippen LogP contribution >= 0.6 is 0 Å². The molecule has 0 bridgehead atoms. The molecule has 0 radical (unpaired) electrons. The summed E-state index contributed by atoms with van der Waals surface area (Å²) in [5.41, 5.74) is 2.28. The summed E-state index contributed by atoms with van der Waals surface area (Å²) in [7, 11) is 0. The molecule has 19 heavy (non-hydrogen) atoms. The molecule has 1 aromatic rings. The van der Waals surface area contributed by atoms with Crippen LogP contribution in [0.15, 0.2) is 24.3 Å². The first kappa shape index (κ1) is 14.5. The van der Waals surface area contributed by atoms with E-state index in [1.165, 1.54) is 24.8 Å². The molecule has 3 atom stereocenters. The molecule has 106 valence electrons. The van der Waals surface area contributed by atoms with Gasteiger partial charge in [0.2, 0.25) is 0 Å². The quantitative estimate of drug-likeness (QED) is 0.874. The summed E-state index contributed by atoms with van der Waals surface area (Å²) in [6.07, 6.45) is 4.36. The molecule has 2 rings (SSSR count). The maximum atomic E-state index is 10.3. The highest BCUT2D eigenvalue weighted by molar-refractivity contribution is 5.23. The largest absolute Gasteiger partial charge is 0.388 e. The van der Waals surface area contributed by atoms with Crippen molar-refractivity contribution in [2.24, 2.45) is 0 Å². The molecule has 1 aliphatic heterocycles. The average molecular weight is 261 g/mol. The van der Waals surface area contributed by atoms with Crippen LogP contribution in [0.3, 0.4) is 0 Å². The molecule has 1 heterocycles. The smallest absolute Gasteiger partial charge is 0.0802 e. The third-order valence-electron chi connectivity index (χ3n) is 4.51. The highest BCUT2D eigenvalue weighted by Crippen LogP contribution is 2.27. The lowest BCUT2D eigenvalue weighted by molar-refractivity contribution is 0.122. The van der Waals surface area contributed by atoms with Crippen LogP contribution in [0, 0.1) is 6.92 Å². The summed E-state index contributed by atoms with van der Waals surface area (Å²) in [6, 6.07) is 9.62. The molecule has 1 aliphatic rings. The third-order valence-corrected chi connectivity index (χ3v) is 4.51. The van der Waals surface area contributed by atoms with E-state index in [4.69, 9.17) is 0 Å². The van der Waals surface area contributed by atoms with Crippen LogP contribution < -0.4 is 0 Å². The Balaban J connectivity index is 1.91. The fraction of sp³-hybridized carbons (Fsp3) is 0.647. The van der Waals surface area contributed by atoms with Crippen LogP contribution in [0.5, 0.6) is 0 Å². The number of hydrogen-bond donors (Lipinski definition) is 1. The van der Waals surface area contributed by atoms with Gasteiger partial charge in [0.25, 0.3) is 0 Å². The molecule has 1 N–H and O–H groups in total. The zero-order valence-corrected chi connectivity index (χ0v) is 12.5. The van der Waals surface area contributed by atoms with E-state index in [0.717, 1.165) is 24.6 Å². The Morgan fingerprint density at radius 3 is 2.84 bits per heavy atom. The maximum absolute atomic E-state index is 10.3. The molecule has 0 aromatic heterocycles. The van der Waals surface area contributed by atoms with Crippen molar-refractivity contribution in [3.05, 3.63) is 35.4 Å². The molecular weight excluding hydrogens is 234 g/mol. The molecule has 0 amide bonds. The molecule has 1 saturated heterocycles. The van der Waals surface area contributed by atoms with Crippen LogP contribution in [0.2, 0.25) is 0 Å². The first-order valence-corrected chi connectivity index (χ1v) is 7.62. The fourth-order valence-corrected chi connectivity index (χ4v) is 3.28. The van der Waals surface area contributed by atoms with Crippen LogP contribution in [0.1, 0.15) is 56.8 Å². The van der Waals surface area contributed by atoms with Gasteiger partial charge in [-0.2, -0.15) is 0 Å². The Bertz CT molecular complexity index is 404. The van der Waals surface area contributed by atoms with E-state index in [1.807, 2.05) is 12.1 Å². The average Bonchev–Trinajstić information content (AvgIpc) is 2.76. The van der Waals surface area contributed by atoms with Gasteiger partial charge in [-0.25, -0.2) is 0 Å². The minimum atomic E-state index is -0.329. The van der Waals surface area contributed by atoms with Crippen LogP contribution in [-0.2, 0) is 0 Å². The van der Waals surface area contributed by atoms with Gasteiger partial charge >= 0.3 is 0 Å². The van der Waals surface area contributed by atoms with Gasteiger partial charge in [-0.15, -0.1) is 0 Å². The zero-order valence-electron chi connectivity index (χ0n) is 12.5. The minimum Gasteiger partial charge on any atom is -0.388 e. The topological polar surface area (TPSA) is 23.5 Å². The van der Waals surface area contributed by atoms with Gasteiger partial charge in [0, 0.05) is 18.6 Å². The van der Waals surface area contributed by atoms with E-state index in [9.17, 15) is 5.11 Å². The molecule has 0 spiro atoms. The number of aliphatic hydroxyl groups is 1. The van der Waals surface area contributed by atoms with Crippen molar-refractivity contribution >= 4 is 0 Å². The summed E-state index contributed by atoms with van der Waals surface area (Å²) in [6.45, 7) is 7.67. The Labute approximate surface area is 117 Å². The number of rotatable bonds is 5. The zero-order chi connectivity index (χ0) is 13.8. The van der Waals surface area contributed by atoms with Gasteiger partial charge < -0.3 is 5.11 Å². The van der Waals surface area contributed by atoms with Crippen molar-refractivity contribution in [3.63, 3.8) is 0 Å². The van der Waals surface area contributed by atoms with Crippen LogP contribution in [0.4, 0.5) is 0 Å². The van der Waals surface area contributed by atoms with E-state index in [-0.39, 0.29) is 6.10 Å². The highest BCUT2D eigenvalue weighted by Gasteiger charge is 2.29. The molecule has 3 unspecified atom stereocenters. The number of aryl methyl sites for hydroxylation is 1. The fourth-order valence-electron chi connectivity index (χ4n) is 3.28. The standard InChI is InChI=1S/C17H27NO/c1-4-16-9-8-14(3)18(16)11-10-17(19)15-7-5-6-13(2)12-15/h5-7,12,14,16-17,19H,4,8-11H2,1-3H3. The van der Waals surface area contributed by atoms with Crippen molar-refractivity contribution in [1.29, 1.82) is 0 Å². The second-order valence-electron chi connectivity index (χ2n) is 5.94. The van der Waals surface area contributed by atoms with Crippen molar-refractivity contribution in [1.82, 2.24) is 4.90 Å². The molecule has 2 nitrogen and oxygen atoms in total. The predicted octanol–water partition coefficient (Wildman–Crippen LogP) is 3.68. The van der Waals surface area contributed by atoms with Crippen molar-refractivity contribution in [3.8, 4) is 0 Å². The van der Waals surface area contributed by atoms with Gasteiger partial charge in [0.1, 0.15) is 0 Å². The number of likely N-dealkylation sites (tertiary alicyclic amines) is 1. The Morgan fingerprint density at radius 2 is 2.16 bits per heavy atom. The summed E-state index contributed by atoms with van der Waals surface area (Å²) in [5.74, 6) is 0. The van der Waals surface area contributed by atoms with E-state index >= 15 is 0 Å². The summed E-state index contributed by atoms with van der Waals surface area (Å²) in [4.78, 5) is 2.58. The summed E-state index contributed by atoms with van der Waals surface area (Å²) >= 11 is 0. The second-order valence-corrected chi connectivity index (χ2v) is 5.94. The van der Waals surface area contributed by atoms with E-state index in [1.54, 1.807) is 0 Å². The van der Waals surface area contributed by atoms with Gasteiger partial charge in [-0.3, -0.25) is 4.90 Å². The lowest BCUT2D eigenvalue weighted by atomic mass is 10.0. The molecule has 1 aromatic carbocycles. The number of benzene rings is 1. The lowest BCUT2D eigenvalue weighted by Crippen LogP contribution is -2.35. The van der Waals surface area contributed by atoms with Crippen LogP contribution in [0.25, 0.3) is 0 Å². The van der Waals surface area contributed by atoms with E-state index in [2.05, 4.69) is 37.8 Å². The van der Waals surface area contributed by atoms with Gasteiger partial charge in [-0.1, -0.05) is 36.8 Å². The number of hydrogen-bond acceptors (Lipinski definition) is 2. The lowest BCUT2D eigenvalue weighted by Gasteiger charge is -2.28. The first-order valence-electron chi connectivity index (χ1n) is 7.62. The Hall–Kier alpha value is -0.860. The highest BCUT2D eigenvalue weighted by atomic mass is 16.3. The Kier molecular flexibility index (Phi) is 5.00. The number of aliphatic hydroxyl groups excluding tert-OH is 1. The van der Waals surface area contributed by atoms with E-state index in [0.29, 0.717) is 6.04 Å². The molecule has 1 fully saturated rings. The maximum Gasteiger partial charge on any atom is 0.0802 e. The van der Waals surface area contributed by atoms with Gasteiger partial charge in [0.05, 0.1) is 6.10 Å². The molecule has 0 aliphatic carbocycles.